The van der Waals surface area contributed by atoms with Gasteiger partial charge in [-0.1, -0.05) is 19.4 Å². The van der Waals surface area contributed by atoms with Gasteiger partial charge in [-0.25, -0.2) is 0 Å². The number of unbranched alkanes of at least 4 members (excludes halogenated alkanes) is 1. The number of carboxylic acids is 1. The number of hydrogen-bond acceptors (Lipinski definition) is 6. The predicted molar refractivity (Wildman–Crippen MR) is 94.1 cm³/mol. The van der Waals surface area contributed by atoms with E-state index in [0.29, 0.717) is 23.4 Å². The highest BCUT2D eigenvalue weighted by molar-refractivity contribution is 6.04. The molecule has 0 radical (unpaired) electrons. The lowest BCUT2D eigenvalue weighted by Crippen LogP contribution is -2.39. The summed E-state index contributed by atoms with van der Waals surface area (Å²) in [5, 5.41) is 28.7. The van der Waals surface area contributed by atoms with Gasteiger partial charge in [-0.05, 0) is 18.6 Å². The summed E-state index contributed by atoms with van der Waals surface area (Å²) in [4.78, 5) is 45.8. The largest absolute Gasteiger partial charge is 0.480 e. The fourth-order valence-corrected chi connectivity index (χ4v) is 2.73. The number of carboxylic acid groups (broad SMARTS) is 1. The zero-order chi connectivity index (χ0) is 20.1. The summed E-state index contributed by atoms with van der Waals surface area (Å²) in [6.45, 7) is 1.41. The Hall–Kier alpha value is -3.56. The normalized spacial score (nSPS) is 10.6. The fraction of sp³-hybridized carbons (Fsp3) is 0.294. The van der Waals surface area contributed by atoms with Crippen LogP contribution >= 0.6 is 0 Å². The maximum atomic E-state index is 12.6. The van der Waals surface area contributed by atoms with Gasteiger partial charge in [0.15, 0.2) is 0 Å². The molecule has 2 amide bonds. The summed E-state index contributed by atoms with van der Waals surface area (Å²) in [5.74, 6) is -2.39. The maximum absolute atomic E-state index is 12.6. The van der Waals surface area contributed by atoms with Crippen LogP contribution in [0.15, 0.2) is 24.3 Å². The van der Waals surface area contributed by atoms with Crippen LogP contribution in [0.2, 0.25) is 0 Å². The van der Waals surface area contributed by atoms with Gasteiger partial charge in [0.05, 0.1) is 21.4 Å². The summed E-state index contributed by atoms with van der Waals surface area (Å²) in [5.41, 5.74) is -0.349. The quantitative estimate of drug-likeness (QED) is 0.407. The standard InChI is InChI=1S/C17H18N4O6/c1-2-3-7-20-13-5-4-6-14(21(26)27)11(13)8-12(16(20)18)17(25)19(10-22)9-15(23)24/h4-6,8,10,18H,2-3,7,9H2,1H3,(H,23,24). The smallest absolute Gasteiger partial charge is 0.323 e. The van der Waals surface area contributed by atoms with Gasteiger partial charge in [0, 0.05) is 12.6 Å². The molecule has 2 rings (SSSR count). The van der Waals surface area contributed by atoms with Crippen molar-refractivity contribution in [3.63, 3.8) is 0 Å². The first-order valence-electron chi connectivity index (χ1n) is 8.15. The van der Waals surface area contributed by atoms with Crippen molar-refractivity contribution in [2.24, 2.45) is 0 Å². The van der Waals surface area contributed by atoms with Crippen molar-refractivity contribution < 1.29 is 24.4 Å². The average molecular weight is 374 g/mol. The van der Waals surface area contributed by atoms with Crippen molar-refractivity contribution in [1.82, 2.24) is 9.47 Å². The Kier molecular flexibility index (Phi) is 6.01. The molecule has 10 heteroatoms. The lowest BCUT2D eigenvalue weighted by Gasteiger charge is -2.17. The van der Waals surface area contributed by atoms with Crippen LogP contribution in [0.25, 0.3) is 10.9 Å². The molecule has 0 spiro atoms. The molecule has 2 aromatic rings. The third-order valence-electron chi connectivity index (χ3n) is 4.02. The number of imide groups is 1. The molecule has 2 N–H and O–H groups in total. The van der Waals surface area contributed by atoms with Crippen molar-refractivity contribution in [3.8, 4) is 0 Å². The number of pyridine rings is 1. The molecule has 0 aliphatic rings. The second-order valence-corrected chi connectivity index (χ2v) is 5.81. The van der Waals surface area contributed by atoms with Gasteiger partial charge in [0.25, 0.3) is 11.6 Å². The van der Waals surface area contributed by atoms with Gasteiger partial charge in [0.2, 0.25) is 6.41 Å². The number of nitrogens with one attached hydrogen (secondary N) is 1. The number of nitro groups is 1. The van der Waals surface area contributed by atoms with E-state index in [9.17, 15) is 24.5 Å². The number of fused-ring (bicyclic) bond motifs is 1. The highest BCUT2D eigenvalue weighted by Crippen LogP contribution is 2.25. The van der Waals surface area contributed by atoms with Crippen LogP contribution in [0.4, 0.5) is 5.69 Å². The molecule has 10 nitrogen and oxygen atoms in total. The maximum Gasteiger partial charge on any atom is 0.323 e. The second kappa shape index (κ2) is 8.21. The monoisotopic (exact) mass is 374 g/mol. The number of nitrogens with zero attached hydrogens (tertiary/aromatic N) is 3. The lowest BCUT2D eigenvalue weighted by atomic mass is 10.1. The minimum atomic E-state index is -1.40. The Bertz CT molecular complexity index is 981. The summed E-state index contributed by atoms with van der Waals surface area (Å²) in [6.07, 6.45) is 1.52. The van der Waals surface area contributed by atoms with E-state index in [1.807, 2.05) is 6.92 Å². The number of aryl methyl sites for hydroxylation is 1. The van der Waals surface area contributed by atoms with E-state index in [4.69, 9.17) is 10.5 Å². The lowest BCUT2D eigenvalue weighted by molar-refractivity contribution is -0.383. The highest BCUT2D eigenvalue weighted by atomic mass is 16.6. The van der Waals surface area contributed by atoms with Crippen LogP contribution in [0.1, 0.15) is 30.1 Å². The minimum Gasteiger partial charge on any atom is -0.480 e. The van der Waals surface area contributed by atoms with Crippen molar-refractivity contribution in [1.29, 1.82) is 5.41 Å². The van der Waals surface area contributed by atoms with Gasteiger partial charge < -0.3 is 9.67 Å². The predicted octanol–water partition coefficient (Wildman–Crippen LogP) is 1.51. The van der Waals surface area contributed by atoms with Crippen LogP contribution in [0.5, 0.6) is 0 Å². The molecule has 0 aliphatic carbocycles. The minimum absolute atomic E-state index is 0.0654. The molecule has 1 aromatic heterocycles. The van der Waals surface area contributed by atoms with Crippen LogP contribution < -0.4 is 5.49 Å². The van der Waals surface area contributed by atoms with Crippen molar-refractivity contribution >= 4 is 34.9 Å². The third kappa shape index (κ3) is 4.00. The summed E-state index contributed by atoms with van der Waals surface area (Å²) in [6, 6.07) is 5.54. The van der Waals surface area contributed by atoms with Gasteiger partial charge >= 0.3 is 5.97 Å². The second-order valence-electron chi connectivity index (χ2n) is 5.81. The molecular weight excluding hydrogens is 356 g/mol. The van der Waals surface area contributed by atoms with Crippen LogP contribution in [-0.2, 0) is 16.1 Å². The van der Waals surface area contributed by atoms with Crippen LogP contribution in [0.3, 0.4) is 0 Å². The molecule has 0 saturated carbocycles. The molecule has 0 bridgehead atoms. The Labute approximate surface area is 153 Å². The molecule has 1 heterocycles. The van der Waals surface area contributed by atoms with E-state index in [0.717, 1.165) is 6.42 Å². The molecule has 0 saturated heterocycles. The van der Waals surface area contributed by atoms with Gasteiger partial charge in [-0.2, -0.15) is 0 Å². The summed E-state index contributed by atoms with van der Waals surface area (Å²) < 4.78 is 1.46. The average Bonchev–Trinajstić information content (AvgIpc) is 2.63. The highest BCUT2D eigenvalue weighted by Gasteiger charge is 2.23. The van der Waals surface area contributed by atoms with E-state index >= 15 is 0 Å². The Morgan fingerprint density at radius 1 is 1.41 bits per heavy atom. The van der Waals surface area contributed by atoms with E-state index in [1.54, 1.807) is 6.07 Å². The first-order valence-corrected chi connectivity index (χ1v) is 8.15. The molecule has 1 aromatic carbocycles. The molecule has 27 heavy (non-hydrogen) atoms. The molecular formula is C17H18N4O6. The summed E-state index contributed by atoms with van der Waals surface area (Å²) in [7, 11) is 0. The molecule has 0 atom stereocenters. The van der Waals surface area contributed by atoms with Crippen molar-refractivity contribution in [2.75, 3.05) is 6.54 Å². The summed E-state index contributed by atoms with van der Waals surface area (Å²) >= 11 is 0. The third-order valence-corrected chi connectivity index (χ3v) is 4.02. The SMILES string of the molecule is CCCCn1c(=N)c(C(=O)N(C=O)CC(=O)O)cc2c([N+](=O)[O-])cccc21. The number of carbonyl (C=O) groups is 3. The topological polar surface area (TPSA) is 147 Å². The molecule has 0 unspecified atom stereocenters. The Morgan fingerprint density at radius 3 is 2.67 bits per heavy atom. The number of amides is 2. The van der Waals surface area contributed by atoms with E-state index in [-0.39, 0.29) is 28.5 Å². The number of non-ortho nitro benzene ring substituents is 1. The van der Waals surface area contributed by atoms with E-state index in [1.165, 1.54) is 22.8 Å². The number of hydrogen-bond donors (Lipinski definition) is 2. The van der Waals surface area contributed by atoms with E-state index < -0.39 is 23.3 Å². The van der Waals surface area contributed by atoms with Crippen LogP contribution in [0, 0.1) is 15.5 Å². The molecule has 0 fully saturated rings. The molecule has 142 valence electrons. The van der Waals surface area contributed by atoms with Crippen molar-refractivity contribution in [3.05, 3.63) is 45.4 Å². The van der Waals surface area contributed by atoms with Gasteiger partial charge in [-0.3, -0.25) is 34.8 Å². The van der Waals surface area contributed by atoms with Gasteiger partial charge in [0.1, 0.15) is 12.0 Å². The Morgan fingerprint density at radius 2 is 2.11 bits per heavy atom. The number of nitro benzene ring substituents is 1. The number of aliphatic carboxylic acids is 1. The zero-order valence-corrected chi connectivity index (χ0v) is 14.5. The van der Waals surface area contributed by atoms with Crippen molar-refractivity contribution in [2.45, 2.75) is 26.3 Å². The number of carbonyl (C=O) groups excluding carboxylic acids is 2. The molecule has 0 aliphatic heterocycles. The number of benzene rings is 1. The zero-order valence-electron chi connectivity index (χ0n) is 14.5. The number of rotatable bonds is 8. The first-order chi connectivity index (χ1) is 12.8. The van der Waals surface area contributed by atoms with E-state index in [2.05, 4.69) is 0 Å². The van der Waals surface area contributed by atoms with Crippen LogP contribution in [-0.4, -0.2) is 44.3 Å². The fourth-order valence-electron chi connectivity index (χ4n) is 2.73. The first kappa shape index (κ1) is 19.8. The Balaban J connectivity index is 2.77. The number of aromatic nitrogens is 1. The van der Waals surface area contributed by atoms with Gasteiger partial charge in [-0.15, -0.1) is 0 Å².